The number of carbonyl (C=O) groups is 2. The van der Waals surface area contributed by atoms with Crippen LogP contribution in [0.15, 0.2) is 0 Å². The molecule has 1 saturated carbocycles. The Labute approximate surface area is 119 Å². The van der Waals surface area contributed by atoms with Crippen LogP contribution in [-0.4, -0.2) is 60.8 Å². The molecule has 2 heterocycles. The van der Waals surface area contributed by atoms with Gasteiger partial charge < -0.3 is 9.80 Å². The summed E-state index contributed by atoms with van der Waals surface area (Å²) in [6.45, 7) is 0.873. The van der Waals surface area contributed by atoms with Gasteiger partial charge in [0.05, 0.1) is 0 Å². The Morgan fingerprint density at radius 2 is 1.85 bits per heavy atom. The average molecular weight is 300 g/mol. The molecule has 7 heteroatoms. The molecule has 1 aliphatic carbocycles. The van der Waals surface area contributed by atoms with Crippen LogP contribution in [0.5, 0.6) is 0 Å². The van der Waals surface area contributed by atoms with Crippen molar-refractivity contribution in [2.24, 2.45) is 5.92 Å². The predicted octanol–water partition coefficient (Wildman–Crippen LogP) is -0.00800. The number of carbonyl (C=O) groups excluding carboxylic acids is 2. The molecule has 2 aliphatic heterocycles. The molecule has 2 saturated heterocycles. The van der Waals surface area contributed by atoms with Crippen molar-refractivity contribution in [1.29, 1.82) is 0 Å². The van der Waals surface area contributed by atoms with Gasteiger partial charge in [0.2, 0.25) is 11.8 Å². The van der Waals surface area contributed by atoms with Gasteiger partial charge in [0.25, 0.3) is 0 Å². The molecule has 3 rings (SSSR count). The number of rotatable bonds is 1. The Balaban J connectivity index is 1.74. The van der Waals surface area contributed by atoms with E-state index in [0.717, 1.165) is 19.3 Å². The third-order valence-corrected chi connectivity index (χ3v) is 7.66. The van der Waals surface area contributed by atoms with Crippen molar-refractivity contribution >= 4 is 21.7 Å². The Kier molecular flexibility index (Phi) is 3.08. The number of hydrogen-bond donors (Lipinski definition) is 0. The first kappa shape index (κ1) is 13.9. The van der Waals surface area contributed by atoms with Crippen LogP contribution < -0.4 is 0 Å². The molecule has 0 aromatic carbocycles. The quantitative estimate of drug-likeness (QED) is 0.683. The summed E-state index contributed by atoms with van der Waals surface area (Å²) in [5.41, 5.74) is 0. The summed E-state index contributed by atoms with van der Waals surface area (Å²) in [6.07, 6.45) is 3.71. The van der Waals surface area contributed by atoms with Crippen LogP contribution in [0.3, 0.4) is 0 Å². The fourth-order valence-corrected chi connectivity index (χ4v) is 5.58. The van der Waals surface area contributed by atoms with E-state index < -0.39 is 14.7 Å². The molecule has 3 fully saturated rings. The standard InChI is InChI=1S/C13H20N2O4S/c1-14-11(16)9-20(18,19)13(14)5-7-15(8-6-13)12(17)10-3-2-4-10/h10H,2-9H2,1H3. The van der Waals surface area contributed by atoms with Crippen LogP contribution in [0, 0.1) is 5.92 Å². The lowest BCUT2D eigenvalue weighted by Gasteiger charge is -2.43. The van der Waals surface area contributed by atoms with Crippen molar-refractivity contribution in [3.8, 4) is 0 Å². The van der Waals surface area contributed by atoms with Gasteiger partial charge in [-0.1, -0.05) is 6.42 Å². The van der Waals surface area contributed by atoms with Gasteiger partial charge in [-0.2, -0.15) is 0 Å². The fourth-order valence-electron chi connectivity index (χ4n) is 3.47. The minimum absolute atomic E-state index is 0.142. The smallest absolute Gasteiger partial charge is 0.238 e. The molecule has 2 amide bonds. The molecule has 1 spiro atoms. The van der Waals surface area contributed by atoms with Crippen LogP contribution in [0.2, 0.25) is 0 Å². The number of piperidine rings is 1. The topological polar surface area (TPSA) is 74.8 Å². The van der Waals surface area contributed by atoms with E-state index in [1.807, 2.05) is 0 Å². The largest absolute Gasteiger partial charge is 0.342 e. The van der Waals surface area contributed by atoms with E-state index in [2.05, 4.69) is 0 Å². The van der Waals surface area contributed by atoms with Gasteiger partial charge in [-0.05, 0) is 12.8 Å². The molecule has 20 heavy (non-hydrogen) atoms. The summed E-state index contributed by atoms with van der Waals surface area (Å²) >= 11 is 0. The molecule has 0 radical (unpaired) electrons. The third-order valence-electron chi connectivity index (χ3n) is 5.19. The zero-order valence-electron chi connectivity index (χ0n) is 11.7. The molecule has 0 aromatic rings. The van der Waals surface area contributed by atoms with Gasteiger partial charge in [0, 0.05) is 38.9 Å². The highest BCUT2D eigenvalue weighted by atomic mass is 32.2. The van der Waals surface area contributed by atoms with E-state index in [4.69, 9.17) is 0 Å². The summed E-state index contributed by atoms with van der Waals surface area (Å²) < 4.78 is 24.5. The molecule has 112 valence electrons. The number of sulfone groups is 1. The normalized spacial score (nSPS) is 28.8. The third kappa shape index (κ3) is 1.78. The maximum absolute atomic E-state index is 12.3. The van der Waals surface area contributed by atoms with Crippen molar-refractivity contribution in [2.75, 3.05) is 25.9 Å². The molecule has 0 atom stereocenters. The first-order chi connectivity index (χ1) is 9.37. The lowest BCUT2D eigenvalue weighted by atomic mass is 9.84. The second-order valence-corrected chi connectivity index (χ2v) is 8.39. The van der Waals surface area contributed by atoms with Crippen LogP contribution >= 0.6 is 0 Å². The maximum atomic E-state index is 12.3. The minimum atomic E-state index is -3.43. The highest BCUT2D eigenvalue weighted by Gasteiger charge is 2.57. The van der Waals surface area contributed by atoms with Gasteiger partial charge in [-0.15, -0.1) is 0 Å². The molecular formula is C13H20N2O4S. The zero-order valence-corrected chi connectivity index (χ0v) is 12.5. The van der Waals surface area contributed by atoms with Gasteiger partial charge in [0.1, 0.15) is 10.6 Å². The molecule has 0 N–H and O–H groups in total. The first-order valence-electron chi connectivity index (χ1n) is 7.15. The van der Waals surface area contributed by atoms with E-state index in [1.54, 1.807) is 11.9 Å². The molecule has 6 nitrogen and oxygen atoms in total. The maximum Gasteiger partial charge on any atom is 0.238 e. The van der Waals surface area contributed by atoms with Crippen molar-refractivity contribution in [3.63, 3.8) is 0 Å². The highest BCUT2D eigenvalue weighted by molar-refractivity contribution is 7.93. The Morgan fingerprint density at radius 1 is 1.25 bits per heavy atom. The highest BCUT2D eigenvalue weighted by Crippen LogP contribution is 2.39. The average Bonchev–Trinajstić information content (AvgIpc) is 2.49. The second-order valence-electron chi connectivity index (χ2n) is 6.11. The molecular weight excluding hydrogens is 280 g/mol. The predicted molar refractivity (Wildman–Crippen MR) is 72.4 cm³/mol. The van der Waals surface area contributed by atoms with Crippen LogP contribution in [-0.2, 0) is 19.4 Å². The summed E-state index contributed by atoms with van der Waals surface area (Å²) in [7, 11) is -1.86. The van der Waals surface area contributed by atoms with Gasteiger partial charge in [-0.3, -0.25) is 9.59 Å². The van der Waals surface area contributed by atoms with Gasteiger partial charge in [-0.25, -0.2) is 8.42 Å². The molecule has 0 unspecified atom stereocenters. The summed E-state index contributed by atoms with van der Waals surface area (Å²) in [4.78, 5) is 26.0. The van der Waals surface area contributed by atoms with Crippen molar-refractivity contribution in [3.05, 3.63) is 0 Å². The van der Waals surface area contributed by atoms with Crippen molar-refractivity contribution in [2.45, 2.75) is 37.0 Å². The SMILES string of the molecule is CN1C(=O)CS(=O)(=O)C12CCN(C(=O)C1CCC1)CC2. The monoisotopic (exact) mass is 300 g/mol. The van der Waals surface area contributed by atoms with Crippen molar-refractivity contribution in [1.82, 2.24) is 9.80 Å². The van der Waals surface area contributed by atoms with E-state index in [-0.39, 0.29) is 23.5 Å². The van der Waals surface area contributed by atoms with Crippen LogP contribution in [0.25, 0.3) is 0 Å². The molecule has 0 aromatic heterocycles. The van der Waals surface area contributed by atoms with E-state index in [1.165, 1.54) is 4.90 Å². The number of likely N-dealkylation sites (tertiary alicyclic amines) is 1. The summed E-state index contributed by atoms with van der Waals surface area (Å²) in [6, 6.07) is 0. The zero-order chi connectivity index (χ0) is 14.5. The Morgan fingerprint density at radius 3 is 2.25 bits per heavy atom. The van der Waals surface area contributed by atoms with Gasteiger partial charge >= 0.3 is 0 Å². The number of nitrogens with zero attached hydrogens (tertiary/aromatic N) is 2. The number of amides is 2. The lowest BCUT2D eigenvalue weighted by molar-refractivity contribution is -0.140. The van der Waals surface area contributed by atoms with E-state index in [9.17, 15) is 18.0 Å². The summed E-state index contributed by atoms with van der Waals surface area (Å²) in [5, 5.41) is 0. The Bertz CT molecular complexity index is 545. The van der Waals surface area contributed by atoms with E-state index in [0.29, 0.717) is 25.9 Å². The lowest BCUT2D eigenvalue weighted by Crippen LogP contribution is -2.56. The van der Waals surface area contributed by atoms with Crippen LogP contribution in [0.1, 0.15) is 32.1 Å². The summed E-state index contributed by atoms with van der Waals surface area (Å²) in [5.74, 6) is -0.414. The first-order valence-corrected chi connectivity index (χ1v) is 8.80. The second kappa shape index (κ2) is 4.44. The number of hydrogen-bond acceptors (Lipinski definition) is 4. The van der Waals surface area contributed by atoms with E-state index >= 15 is 0 Å². The Hall–Kier alpha value is -1.11. The minimum Gasteiger partial charge on any atom is -0.342 e. The van der Waals surface area contributed by atoms with Gasteiger partial charge in [0.15, 0.2) is 9.84 Å². The van der Waals surface area contributed by atoms with Crippen LogP contribution in [0.4, 0.5) is 0 Å². The molecule has 3 aliphatic rings. The fraction of sp³-hybridized carbons (Fsp3) is 0.846. The van der Waals surface area contributed by atoms with Crippen molar-refractivity contribution < 1.29 is 18.0 Å². The molecule has 0 bridgehead atoms.